The molecule has 2 atom stereocenters. The summed E-state index contributed by atoms with van der Waals surface area (Å²) < 4.78 is 5.28. The number of carbonyl (C=O) groups is 2. The summed E-state index contributed by atoms with van der Waals surface area (Å²) in [7, 11) is 0. The van der Waals surface area contributed by atoms with Gasteiger partial charge in [0.1, 0.15) is 11.3 Å². The molecule has 2 aromatic rings. The number of amides is 1. The van der Waals surface area contributed by atoms with Crippen LogP contribution in [0.25, 0.3) is 11.1 Å². The summed E-state index contributed by atoms with van der Waals surface area (Å²) in [6.45, 7) is 9.70. The Kier molecular flexibility index (Phi) is 5.91. The molecule has 1 aromatic carbocycles. The van der Waals surface area contributed by atoms with E-state index < -0.39 is 11.7 Å². The summed E-state index contributed by atoms with van der Waals surface area (Å²) in [4.78, 5) is 29.2. The topological polar surface area (TPSA) is 80.3 Å². The molecule has 29 heavy (non-hydrogen) atoms. The summed E-state index contributed by atoms with van der Waals surface area (Å²) in [6, 6.07) is 10.0. The second kappa shape index (κ2) is 8.23. The Hall–Kier alpha value is -2.89. The predicted octanol–water partition coefficient (Wildman–Crippen LogP) is 4.45. The molecule has 6 heteroatoms. The van der Waals surface area contributed by atoms with Crippen LogP contribution in [0.4, 0.5) is 10.5 Å². The fraction of sp³-hybridized carbons (Fsp3) is 0.435. The number of Topliss-reactive ketones (excluding diaryl/α,β-unsaturated/α-hetero) is 1. The van der Waals surface area contributed by atoms with E-state index in [0.717, 1.165) is 17.5 Å². The van der Waals surface area contributed by atoms with Gasteiger partial charge < -0.3 is 15.4 Å². The molecule has 0 saturated carbocycles. The first-order chi connectivity index (χ1) is 13.7. The summed E-state index contributed by atoms with van der Waals surface area (Å²) in [5.74, 6) is -0.331. The monoisotopic (exact) mass is 395 g/mol. The van der Waals surface area contributed by atoms with Crippen molar-refractivity contribution in [1.82, 2.24) is 10.3 Å². The van der Waals surface area contributed by atoms with Crippen molar-refractivity contribution >= 4 is 17.6 Å². The molecule has 0 spiro atoms. The number of nitrogens with zero attached hydrogens (tertiary/aromatic N) is 1. The largest absolute Gasteiger partial charge is 0.444 e. The Balaban J connectivity index is 1.79. The lowest BCUT2D eigenvalue weighted by Crippen LogP contribution is -2.47. The fourth-order valence-corrected chi connectivity index (χ4v) is 3.36. The summed E-state index contributed by atoms with van der Waals surface area (Å²) in [5.41, 5.74) is 3.84. The van der Waals surface area contributed by atoms with Gasteiger partial charge in [0.05, 0.1) is 11.7 Å². The minimum atomic E-state index is -0.566. The number of fused-ring (bicyclic) bond motifs is 1. The maximum absolute atomic E-state index is 12.8. The standard InChI is InChI=1S/C23H29N3O3/c1-6-15-8-7-9-16(10-15)17-11-18-20(24-12-17)21(27)14(2)19(26-18)13-25-22(28)29-23(3,4)5/h7-12,14,19,26H,6,13H2,1-5H3,(H,25,28). The molecule has 2 heterocycles. The second-order valence-corrected chi connectivity index (χ2v) is 8.46. The Morgan fingerprint density at radius 1 is 1.24 bits per heavy atom. The van der Waals surface area contributed by atoms with E-state index in [1.165, 1.54) is 5.56 Å². The van der Waals surface area contributed by atoms with E-state index in [-0.39, 0.29) is 24.3 Å². The molecule has 0 bridgehead atoms. The van der Waals surface area contributed by atoms with E-state index in [0.29, 0.717) is 11.4 Å². The van der Waals surface area contributed by atoms with Crippen LogP contribution >= 0.6 is 0 Å². The van der Waals surface area contributed by atoms with Crippen LogP contribution in [0.5, 0.6) is 0 Å². The number of nitrogens with one attached hydrogen (secondary N) is 2. The van der Waals surface area contributed by atoms with Crippen LogP contribution in [-0.4, -0.2) is 35.0 Å². The highest BCUT2D eigenvalue weighted by Gasteiger charge is 2.33. The molecule has 2 N–H and O–H groups in total. The minimum Gasteiger partial charge on any atom is -0.444 e. The summed E-state index contributed by atoms with van der Waals surface area (Å²) in [5, 5.41) is 6.14. The van der Waals surface area contributed by atoms with Gasteiger partial charge in [0.15, 0.2) is 5.78 Å². The van der Waals surface area contributed by atoms with Crippen molar-refractivity contribution < 1.29 is 14.3 Å². The van der Waals surface area contributed by atoms with Crippen molar-refractivity contribution in [2.45, 2.75) is 52.7 Å². The molecule has 6 nitrogen and oxygen atoms in total. The van der Waals surface area contributed by atoms with Gasteiger partial charge in [0.2, 0.25) is 0 Å². The third-order valence-corrected chi connectivity index (χ3v) is 5.01. The molecule has 1 amide bonds. The fourth-order valence-electron chi connectivity index (χ4n) is 3.36. The Labute approximate surface area is 172 Å². The molecule has 3 rings (SSSR count). The zero-order chi connectivity index (χ0) is 21.2. The normalized spacial score (nSPS) is 18.6. The number of pyridine rings is 1. The molecule has 154 valence electrons. The van der Waals surface area contributed by atoms with Crippen LogP contribution in [-0.2, 0) is 11.2 Å². The Bertz CT molecular complexity index is 918. The Morgan fingerprint density at radius 2 is 2.00 bits per heavy atom. The van der Waals surface area contributed by atoms with E-state index in [9.17, 15) is 9.59 Å². The minimum absolute atomic E-state index is 0.0244. The van der Waals surface area contributed by atoms with Gasteiger partial charge in [0.25, 0.3) is 0 Å². The molecular formula is C23H29N3O3. The van der Waals surface area contributed by atoms with Crippen LogP contribution in [0.3, 0.4) is 0 Å². The van der Waals surface area contributed by atoms with Crippen molar-refractivity contribution in [1.29, 1.82) is 0 Å². The van der Waals surface area contributed by atoms with Crippen molar-refractivity contribution in [3.8, 4) is 11.1 Å². The zero-order valence-electron chi connectivity index (χ0n) is 17.7. The number of anilines is 1. The molecule has 0 fully saturated rings. The van der Waals surface area contributed by atoms with Gasteiger partial charge in [-0.1, -0.05) is 38.1 Å². The molecule has 2 unspecified atom stereocenters. The van der Waals surface area contributed by atoms with Gasteiger partial charge in [-0.15, -0.1) is 0 Å². The highest BCUT2D eigenvalue weighted by molar-refractivity contribution is 6.03. The van der Waals surface area contributed by atoms with Gasteiger partial charge in [-0.3, -0.25) is 9.78 Å². The lowest BCUT2D eigenvalue weighted by molar-refractivity contribution is 0.0520. The molecule has 0 radical (unpaired) electrons. The highest BCUT2D eigenvalue weighted by atomic mass is 16.6. The van der Waals surface area contributed by atoms with Gasteiger partial charge in [0, 0.05) is 24.2 Å². The molecule has 0 saturated heterocycles. The highest BCUT2D eigenvalue weighted by Crippen LogP contribution is 2.31. The molecule has 1 aliphatic rings. The third kappa shape index (κ3) is 4.94. The van der Waals surface area contributed by atoms with Crippen molar-refractivity contribution in [2.75, 3.05) is 11.9 Å². The number of hydrogen-bond acceptors (Lipinski definition) is 5. The average Bonchev–Trinajstić information content (AvgIpc) is 2.68. The molecule has 1 aliphatic heterocycles. The summed E-state index contributed by atoms with van der Waals surface area (Å²) >= 11 is 0. The quantitative estimate of drug-likeness (QED) is 0.799. The van der Waals surface area contributed by atoms with E-state index >= 15 is 0 Å². The average molecular weight is 396 g/mol. The number of carbonyl (C=O) groups excluding carboxylic acids is 2. The molecular weight excluding hydrogens is 366 g/mol. The maximum Gasteiger partial charge on any atom is 0.407 e. The van der Waals surface area contributed by atoms with Crippen LogP contribution < -0.4 is 10.6 Å². The number of rotatable bonds is 4. The number of ether oxygens (including phenoxy) is 1. The van der Waals surface area contributed by atoms with E-state index in [1.54, 1.807) is 6.20 Å². The number of ketones is 1. The number of alkyl carbamates (subject to hydrolysis) is 1. The maximum atomic E-state index is 12.8. The Morgan fingerprint density at radius 3 is 2.69 bits per heavy atom. The van der Waals surface area contributed by atoms with Crippen LogP contribution in [0.15, 0.2) is 36.5 Å². The third-order valence-electron chi connectivity index (χ3n) is 5.01. The van der Waals surface area contributed by atoms with Crippen molar-refractivity contribution in [3.05, 3.63) is 47.8 Å². The van der Waals surface area contributed by atoms with E-state index in [4.69, 9.17) is 4.74 Å². The van der Waals surface area contributed by atoms with Crippen LogP contribution in [0.2, 0.25) is 0 Å². The first-order valence-electron chi connectivity index (χ1n) is 10.0. The van der Waals surface area contributed by atoms with Crippen molar-refractivity contribution in [3.63, 3.8) is 0 Å². The van der Waals surface area contributed by atoms with E-state index in [2.05, 4.69) is 34.7 Å². The predicted molar refractivity (Wildman–Crippen MR) is 114 cm³/mol. The number of aryl methyl sites for hydroxylation is 1. The lowest BCUT2D eigenvalue weighted by atomic mass is 9.89. The molecule has 1 aromatic heterocycles. The van der Waals surface area contributed by atoms with Crippen LogP contribution in [0.1, 0.15) is 50.7 Å². The second-order valence-electron chi connectivity index (χ2n) is 8.46. The summed E-state index contributed by atoms with van der Waals surface area (Å²) in [6.07, 6.45) is 2.21. The first-order valence-corrected chi connectivity index (χ1v) is 10.0. The van der Waals surface area contributed by atoms with Gasteiger partial charge in [-0.05, 0) is 44.4 Å². The van der Waals surface area contributed by atoms with Gasteiger partial charge >= 0.3 is 6.09 Å². The number of hydrogen-bond donors (Lipinski definition) is 2. The van der Waals surface area contributed by atoms with Crippen LogP contribution in [0, 0.1) is 5.92 Å². The smallest absolute Gasteiger partial charge is 0.407 e. The molecule has 0 aliphatic carbocycles. The number of benzene rings is 1. The van der Waals surface area contributed by atoms with Gasteiger partial charge in [-0.2, -0.15) is 0 Å². The number of aromatic nitrogens is 1. The van der Waals surface area contributed by atoms with Gasteiger partial charge in [-0.25, -0.2) is 4.79 Å². The van der Waals surface area contributed by atoms with E-state index in [1.807, 2.05) is 45.9 Å². The zero-order valence-corrected chi connectivity index (χ0v) is 17.7. The SMILES string of the molecule is CCc1cccc(-c2cnc3c(c2)NC(CNC(=O)OC(C)(C)C)C(C)C3=O)c1. The van der Waals surface area contributed by atoms with Crippen molar-refractivity contribution in [2.24, 2.45) is 5.92 Å². The first kappa shape index (κ1) is 20.8. The lowest BCUT2D eigenvalue weighted by Gasteiger charge is -2.31.